The minimum absolute atomic E-state index is 0.00484. The van der Waals surface area contributed by atoms with Crippen molar-refractivity contribution in [2.24, 2.45) is 0 Å². The number of nitrogens with zero attached hydrogens (tertiary/aromatic N) is 1. The van der Waals surface area contributed by atoms with E-state index in [-0.39, 0.29) is 6.42 Å². The van der Waals surface area contributed by atoms with E-state index in [0.29, 0.717) is 11.1 Å². The van der Waals surface area contributed by atoms with Gasteiger partial charge in [-0.3, -0.25) is 9.78 Å². The molecule has 1 aromatic heterocycles. The molecule has 5 heteroatoms. The van der Waals surface area contributed by atoms with Crippen LogP contribution in [0.15, 0.2) is 54.9 Å². The predicted molar refractivity (Wildman–Crippen MR) is 68.2 cm³/mol. The predicted octanol–water partition coefficient (Wildman–Crippen LogP) is 3.54. The van der Waals surface area contributed by atoms with Gasteiger partial charge in [-0.2, -0.15) is 13.2 Å². The molecule has 1 heterocycles. The lowest BCUT2D eigenvalue weighted by Crippen LogP contribution is -2.30. The molecule has 0 aliphatic carbocycles. The lowest BCUT2D eigenvalue weighted by atomic mass is 9.88. The van der Waals surface area contributed by atoms with Crippen LogP contribution in [0.4, 0.5) is 13.2 Å². The minimum Gasteiger partial charge on any atom is -0.289 e. The number of ketones is 1. The van der Waals surface area contributed by atoms with Crippen LogP contribution in [0, 0.1) is 0 Å². The van der Waals surface area contributed by atoms with Gasteiger partial charge in [-0.15, -0.1) is 0 Å². The highest BCUT2D eigenvalue weighted by Gasteiger charge is 2.43. The number of carbonyl (C=O) groups is 1. The number of benzene rings is 1. The molecule has 0 aliphatic heterocycles. The van der Waals surface area contributed by atoms with Crippen molar-refractivity contribution in [3.63, 3.8) is 0 Å². The zero-order valence-electron chi connectivity index (χ0n) is 10.5. The Morgan fingerprint density at radius 2 is 1.65 bits per heavy atom. The number of hydrogen-bond donors (Lipinski definition) is 0. The second-order valence-corrected chi connectivity index (χ2v) is 4.38. The Balaban J connectivity index is 2.33. The summed E-state index contributed by atoms with van der Waals surface area (Å²) in [7, 11) is 0. The molecule has 1 atom stereocenters. The molecule has 0 fully saturated rings. The van der Waals surface area contributed by atoms with Crippen molar-refractivity contribution in [2.75, 3.05) is 0 Å². The monoisotopic (exact) mass is 279 g/mol. The molecular formula is C15H12F3NO. The molecular weight excluding hydrogens is 267 g/mol. The molecule has 0 radical (unpaired) electrons. The normalized spacial score (nSPS) is 12.9. The van der Waals surface area contributed by atoms with E-state index >= 15 is 0 Å². The molecule has 1 unspecified atom stereocenters. The number of rotatable bonds is 4. The van der Waals surface area contributed by atoms with Gasteiger partial charge in [-0.05, 0) is 29.7 Å². The first kappa shape index (κ1) is 14.2. The van der Waals surface area contributed by atoms with Crippen LogP contribution in [-0.2, 0) is 11.2 Å². The van der Waals surface area contributed by atoms with Crippen LogP contribution in [-0.4, -0.2) is 16.9 Å². The van der Waals surface area contributed by atoms with Crippen LogP contribution in [0.1, 0.15) is 17.0 Å². The summed E-state index contributed by atoms with van der Waals surface area (Å²) in [6.45, 7) is 0. The summed E-state index contributed by atoms with van der Waals surface area (Å²) in [5, 5.41) is 0. The third-order valence-corrected chi connectivity index (χ3v) is 2.99. The minimum atomic E-state index is -4.84. The van der Waals surface area contributed by atoms with Gasteiger partial charge in [-0.25, -0.2) is 0 Å². The fourth-order valence-corrected chi connectivity index (χ4v) is 2.00. The number of halogens is 3. The van der Waals surface area contributed by atoms with Crippen molar-refractivity contribution in [1.29, 1.82) is 0 Å². The summed E-state index contributed by atoms with van der Waals surface area (Å²) >= 11 is 0. The SMILES string of the molecule is O=C(C(Cc1ccncc1)c1ccccc1)C(F)(F)F. The van der Waals surface area contributed by atoms with Gasteiger partial charge in [0, 0.05) is 12.4 Å². The summed E-state index contributed by atoms with van der Waals surface area (Å²) < 4.78 is 38.2. The van der Waals surface area contributed by atoms with E-state index in [1.54, 1.807) is 30.3 Å². The zero-order valence-corrected chi connectivity index (χ0v) is 10.5. The van der Waals surface area contributed by atoms with E-state index < -0.39 is 17.9 Å². The molecule has 0 aliphatic rings. The molecule has 0 amide bonds. The van der Waals surface area contributed by atoms with Gasteiger partial charge in [0.1, 0.15) is 0 Å². The highest BCUT2D eigenvalue weighted by atomic mass is 19.4. The molecule has 1 aromatic carbocycles. The van der Waals surface area contributed by atoms with Crippen molar-refractivity contribution < 1.29 is 18.0 Å². The van der Waals surface area contributed by atoms with Crippen LogP contribution < -0.4 is 0 Å². The van der Waals surface area contributed by atoms with Crippen LogP contribution in [0.25, 0.3) is 0 Å². The summed E-state index contributed by atoms with van der Waals surface area (Å²) in [4.78, 5) is 15.4. The van der Waals surface area contributed by atoms with Gasteiger partial charge in [-0.1, -0.05) is 30.3 Å². The van der Waals surface area contributed by atoms with Crippen molar-refractivity contribution >= 4 is 5.78 Å². The Morgan fingerprint density at radius 1 is 1.05 bits per heavy atom. The van der Waals surface area contributed by atoms with E-state index in [1.807, 2.05) is 0 Å². The summed E-state index contributed by atoms with van der Waals surface area (Å²) in [5.41, 5.74) is 1.01. The van der Waals surface area contributed by atoms with Crippen LogP contribution in [0.5, 0.6) is 0 Å². The number of Topliss-reactive ketones (excluding diaryl/α,β-unsaturated/α-hetero) is 1. The Hall–Kier alpha value is -2.17. The Labute approximate surface area is 114 Å². The molecule has 0 N–H and O–H groups in total. The maximum atomic E-state index is 12.7. The second-order valence-electron chi connectivity index (χ2n) is 4.38. The van der Waals surface area contributed by atoms with E-state index in [2.05, 4.69) is 4.98 Å². The van der Waals surface area contributed by atoms with Gasteiger partial charge in [0.25, 0.3) is 0 Å². The fraction of sp³-hybridized carbons (Fsp3) is 0.200. The first-order chi connectivity index (χ1) is 9.48. The maximum Gasteiger partial charge on any atom is 0.450 e. The smallest absolute Gasteiger partial charge is 0.289 e. The molecule has 0 bridgehead atoms. The summed E-state index contributed by atoms with van der Waals surface area (Å²) in [5.74, 6) is -2.95. The third-order valence-electron chi connectivity index (χ3n) is 2.99. The van der Waals surface area contributed by atoms with Gasteiger partial charge >= 0.3 is 6.18 Å². The first-order valence-corrected chi connectivity index (χ1v) is 6.03. The van der Waals surface area contributed by atoms with Gasteiger partial charge < -0.3 is 0 Å². The quantitative estimate of drug-likeness (QED) is 0.856. The summed E-state index contributed by atoms with van der Waals surface area (Å²) in [6, 6.07) is 11.2. The van der Waals surface area contributed by atoms with Gasteiger partial charge in [0.2, 0.25) is 5.78 Å². The Kier molecular flexibility index (Phi) is 4.17. The highest BCUT2D eigenvalue weighted by molar-refractivity contribution is 5.90. The zero-order chi connectivity index (χ0) is 14.6. The van der Waals surface area contributed by atoms with Crippen LogP contribution in [0.3, 0.4) is 0 Å². The molecule has 2 aromatic rings. The van der Waals surface area contributed by atoms with Crippen molar-refractivity contribution in [2.45, 2.75) is 18.5 Å². The van der Waals surface area contributed by atoms with Crippen molar-refractivity contribution in [3.05, 3.63) is 66.0 Å². The average molecular weight is 279 g/mol. The van der Waals surface area contributed by atoms with E-state index in [4.69, 9.17) is 0 Å². The molecule has 2 rings (SSSR count). The van der Waals surface area contributed by atoms with E-state index in [1.165, 1.54) is 24.5 Å². The van der Waals surface area contributed by atoms with Crippen molar-refractivity contribution in [3.8, 4) is 0 Å². The Morgan fingerprint density at radius 3 is 2.20 bits per heavy atom. The first-order valence-electron chi connectivity index (χ1n) is 6.03. The summed E-state index contributed by atoms with van der Waals surface area (Å²) in [6.07, 6.45) is -1.84. The van der Waals surface area contributed by atoms with Gasteiger partial charge in [0.05, 0.1) is 5.92 Å². The topological polar surface area (TPSA) is 30.0 Å². The second kappa shape index (κ2) is 5.86. The lowest BCUT2D eigenvalue weighted by molar-refractivity contribution is -0.172. The molecule has 0 saturated carbocycles. The highest BCUT2D eigenvalue weighted by Crippen LogP contribution is 2.30. The molecule has 0 saturated heterocycles. The van der Waals surface area contributed by atoms with E-state index in [9.17, 15) is 18.0 Å². The molecule has 2 nitrogen and oxygen atoms in total. The average Bonchev–Trinajstić information content (AvgIpc) is 2.45. The molecule has 0 spiro atoms. The van der Waals surface area contributed by atoms with Crippen molar-refractivity contribution in [1.82, 2.24) is 4.98 Å². The fourth-order valence-electron chi connectivity index (χ4n) is 2.00. The molecule has 104 valence electrons. The van der Waals surface area contributed by atoms with Crippen LogP contribution >= 0.6 is 0 Å². The number of pyridine rings is 1. The molecule has 20 heavy (non-hydrogen) atoms. The standard InChI is InChI=1S/C15H12F3NO/c16-15(17,18)14(20)13(12-4-2-1-3-5-12)10-11-6-8-19-9-7-11/h1-9,13H,10H2. The van der Waals surface area contributed by atoms with E-state index in [0.717, 1.165) is 0 Å². The van der Waals surface area contributed by atoms with Gasteiger partial charge in [0.15, 0.2) is 0 Å². The maximum absolute atomic E-state index is 12.7. The number of carbonyl (C=O) groups excluding carboxylic acids is 1. The lowest BCUT2D eigenvalue weighted by Gasteiger charge is -2.18. The number of alkyl halides is 3. The largest absolute Gasteiger partial charge is 0.450 e. The van der Waals surface area contributed by atoms with Crippen LogP contribution in [0.2, 0.25) is 0 Å². The number of hydrogen-bond acceptors (Lipinski definition) is 2. The Bertz CT molecular complexity index is 567. The third kappa shape index (κ3) is 3.44. The number of aromatic nitrogens is 1.